The Balaban J connectivity index is 0.00000288. The number of piperazine rings is 1. The fourth-order valence-corrected chi connectivity index (χ4v) is 2.86. The highest BCUT2D eigenvalue weighted by molar-refractivity contribution is 14.0. The SMILES string of the molecule is CCNC(=NCCCN1CCN(c2ccccc2)CC1)NCC.I. The molecule has 1 fully saturated rings. The molecule has 0 aliphatic carbocycles. The van der Waals surface area contributed by atoms with Crippen molar-refractivity contribution in [3.63, 3.8) is 0 Å². The lowest BCUT2D eigenvalue weighted by atomic mass is 10.2. The zero-order valence-electron chi connectivity index (χ0n) is 15.0. The lowest BCUT2D eigenvalue weighted by Gasteiger charge is -2.36. The Labute approximate surface area is 163 Å². The van der Waals surface area contributed by atoms with Crippen molar-refractivity contribution in [2.45, 2.75) is 20.3 Å². The van der Waals surface area contributed by atoms with Gasteiger partial charge in [-0.2, -0.15) is 0 Å². The number of benzene rings is 1. The van der Waals surface area contributed by atoms with Crippen LogP contribution in [0.1, 0.15) is 20.3 Å². The number of halogens is 1. The van der Waals surface area contributed by atoms with E-state index in [1.54, 1.807) is 0 Å². The van der Waals surface area contributed by atoms with Gasteiger partial charge in [-0.3, -0.25) is 9.89 Å². The van der Waals surface area contributed by atoms with Gasteiger partial charge in [0.25, 0.3) is 0 Å². The summed E-state index contributed by atoms with van der Waals surface area (Å²) in [5.41, 5.74) is 1.35. The minimum atomic E-state index is 0. The van der Waals surface area contributed by atoms with Gasteiger partial charge in [0.2, 0.25) is 0 Å². The highest BCUT2D eigenvalue weighted by atomic mass is 127. The largest absolute Gasteiger partial charge is 0.369 e. The van der Waals surface area contributed by atoms with Crippen LogP contribution in [0.15, 0.2) is 35.3 Å². The molecule has 1 aliphatic rings. The van der Waals surface area contributed by atoms with Crippen LogP contribution in [-0.2, 0) is 0 Å². The van der Waals surface area contributed by atoms with Crippen molar-refractivity contribution in [2.75, 3.05) is 57.3 Å². The van der Waals surface area contributed by atoms with E-state index in [0.717, 1.165) is 64.7 Å². The number of nitrogens with zero attached hydrogens (tertiary/aromatic N) is 3. The van der Waals surface area contributed by atoms with E-state index >= 15 is 0 Å². The summed E-state index contributed by atoms with van der Waals surface area (Å²) in [6.07, 6.45) is 1.12. The van der Waals surface area contributed by atoms with E-state index < -0.39 is 0 Å². The number of anilines is 1. The van der Waals surface area contributed by atoms with E-state index in [9.17, 15) is 0 Å². The molecule has 0 unspecified atom stereocenters. The van der Waals surface area contributed by atoms with Gasteiger partial charge < -0.3 is 15.5 Å². The maximum absolute atomic E-state index is 4.61. The molecule has 1 aromatic rings. The number of guanidine groups is 1. The van der Waals surface area contributed by atoms with Crippen molar-refractivity contribution in [3.8, 4) is 0 Å². The molecule has 6 heteroatoms. The van der Waals surface area contributed by atoms with Crippen LogP contribution in [0.4, 0.5) is 5.69 Å². The quantitative estimate of drug-likeness (QED) is 0.293. The molecule has 0 saturated carbocycles. The minimum absolute atomic E-state index is 0. The molecule has 24 heavy (non-hydrogen) atoms. The van der Waals surface area contributed by atoms with Gasteiger partial charge in [0.05, 0.1) is 0 Å². The molecule has 5 nitrogen and oxygen atoms in total. The number of hydrogen-bond acceptors (Lipinski definition) is 3. The van der Waals surface area contributed by atoms with Crippen LogP contribution >= 0.6 is 24.0 Å². The Kier molecular flexibility index (Phi) is 10.8. The van der Waals surface area contributed by atoms with Crippen LogP contribution < -0.4 is 15.5 Å². The number of aliphatic imine (C=N–C) groups is 1. The molecule has 1 aliphatic heterocycles. The number of para-hydroxylation sites is 1. The lowest BCUT2D eigenvalue weighted by Crippen LogP contribution is -2.46. The number of hydrogen-bond donors (Lipinski definition) is 2. The van der Waals surface area contributed by atoms with E-state index in [4.69, 9.17) is 0 Å². The average Bonchev–Trinajstić information content (AvgIpc) is 2.60. The summed E-state index contributed by atoms with van der Waals surface area (Å²) in [5.74, 6) is 0.934. The molecule has 1 heterocycles. The molecule has 136 valence electrons. The Morgan fingerprint density at radius 2 is 1.62 bits per heavy atom. The molecule has 0 amide bonds. The first kappa shape index (κ1) is 21.0. The van der Waals surface area contributed by atoms with Crippen molar-refractivity contribution in [3.05, 3.63) is 30.3 Å². The van der Waals surface area contributed by atoms with Gasteiger partial charge in [-0.25, -0.2) is 0 Å². The van der Waals surface area contributed by atoms with Crippen molar-refractivity contribution >= 4 is 35.6 Å². The molecular formula is C18H32IN5. The second-order valence-electron chi connectivity index (χ2n) is 5.81. The summed E-state index contributed by atoms with van der Waals surface area (Å²) in [5, 5.41) is 6.53. The van der Waals surface area contributed by atoms with Gasteiger partial charge in [0, 0.05) is 58.0 Å². The second kappa shape index (κ2) is 12.4. The lowest BCUT2D eigenvalue weighted by molar-refractivity contribution is 0.256. The summed E-state index contributed by atoms with van der Waals surface area (Å²) in [7, 11) is 0. The third kappa shape index (κ3) is 7.25. The van der Waals surface area contributed by atoms with Crippen LogP contribution in [0.3, 0.4) is 0 Å². The topological polar surface area (TPSA) is 42.9 Å². The molecule has 0 bridgehead atoms. The minimum Gasteiger partial charge on any atom is -0.369 e. The smallest absolute Gasteiger partial charge is 0.191 e. The monoisotopic (exact) mass is 445 g/mol. The Morgan fingerprint density at radius 1 is 1.00 bits per heavy atom. The maximum Gasteiger partial charge on any atom is 0.191 e. The van der Waals surface area contributed by atoms with Crippen molar-refractivity contribution < 1.29 is 0 Å². The molecule has 0 aromatic heterocycles. The standard InChI is InChI=1S/C18H31N5.HI/c1-3-19-18(20-4-2)21-11-8-12-22-13-15-23(16-14-22)17-9-6-5-7-10-17;/h5-7,9-10H,3-4,8,11-16H2,1-2H3,(H2,19,20,21);1H. The van der Waals surface area contributed by atoms with E-state index in [1.165, 1.54) is 5.69 Å². The van der Waals surface area contributed by atoms with Gasteiger partial charge in [-0.1, -0.05) is 18.2 Å². The third-order valence-electron chi connectivity index (χ3n) is 4.08. The van der Waals surface area contributed by atoms with Crippen molar-refractivity contribution in [1.82, 2.24) is 15.5 Å². The maximum atomic E-state index is 4.61. The molecule has 1 saturated heterocycles. The predicted octanol–water partition coefficient (Wildman–Crippen LogP) is 2.39. The summed E-state index contributed by atoms with van der Waals surface area (Å²) < 4.78 is 0. The van der Waals surface area contributed by atoms with E-state index in [0.29, 0.717) is 0 Å². The first-order valence-electron chi connectivity index (χ1n) is 8.88. The van der Waals surface area contributed by atoms with Crippen LogP contribution in [0.5, 0.6) is 0 Å². The molecule has 0 atom stereocenters. The molecule has 2 N–H and O–H groups in total. The second-order valence-corrected chi connectivity index (χ2v) is 5.81. The molecule has 1 aromatic carbocycles. The number of nitrogens with one attached hydrogen (secondary N) is 2. The first-order chi connectivity index (χ1) is 11.3. The highest BCUT2D eigenvalue weighted by Gasteiger charge is 2.16. The Morgan fingerprint density at radius 3 is 2.21 bits per heavy atom. The third-order valence-corrected chi connectivity index (χ3v) is 4.08. The van der Waals surface area contributed by atoms with E-state index in [1.807, 2.05) is 0 Å². The van der Waals surface area contributed by atoms with E-state index in [2.05, 4.69) is 69.6 Å². The molecule has 0 spiro atoms. The van der Waals surface area contributed by atoms with Crippen molar-refractivity contribution in [1.29, 1.82) is 0 Å². The predicted molar refractivity (Wildman–Crippen MR) is 115 cm³/mol. The van der Waals surface area contributed by atoms with E-state index in [-0.39, 0.29) is 24.0 Å². The zero-order chi connectivity index (χ0) is 16.3. The van der Waals surface area contributed by atoms with Gasteiger partial charge >= 0.3 is 0 Å². The highest BCUT2D eigenvalue weighted by Crippen LogP contribution is 2.15. The molecule has 0 radical (unpaired) electrons. The van der Waals surface area contributed by atoms with Crippen LogP contribution in [0, 0.1) is 0 Å². The fourth-order valence-electron chi connectivity index (χ4n) is 2.86. The number of rotatable bonds is 7. The van der Waals surface area contributed by atoms with Gasteiger partial charge in [0.15, 0.2) is 5.96 Å². The van der Waals surface area contributed by atoms with Crippen LogP contribution in [-0.4, -0.2) is 63.2 Å². The van der Waals surface area contributed by atoms with Gasteiger partial charge in [-0.15, -0.1) is 24.0 Å². The van der Waals surface area contributed by atoms with Gasteiger partial charge in [0.1, 0.15) is 0 Å². The normalized spacial score (nSPS) is 14.7. The zero-order valence-corrected chi connectivity index (χ0v) is 17.3. The summed E-state index contributed by atoms with van der Waals surface area (Å²) in [6, 6.07) is 10.7. The fraction of sp³-hybridized carbons (Fsp3) is 0.611. The summed E-state index contributed by atoms with van der Waals surface area (Å²) >= 11 is 0. The Bertz CT molecular complexity index is 450. The first-order valence-corrected chi connectivity index (χ1v) is 8.88. The van der Waals surface area contributed by atoms with Gasteiger partial charge in [-0.05, 0) is 32.4 Å². The summed E-state index contributed by atoms with van der Waals surface area (Å²) in [4.78, 5) is 9.63. The summed E-state index contributed by atoms with van der Waals surface area (Å²) in [6.45, 7) is 12.6. The molecular weight excluding hydrogens is 413 g/mol. The Hall–Kier alpha value is -1.02. The molecule has 2 rings (SSSR count). The van der Waals surface area contributed by atoms with Crippen LogP contribution in [0.25, 0.3) is 0 Å². The average molecular weight is 445 g/mol. The van der Waals surface area contributed by atoms with Crippen LogP contribution in [0.2, 0.25) is 0 Å². The van der Waals surface area contributed by atoms with Crippen molar-refractivity contribution in [2.24, 2.45) is 4.99 Å².